The van der Waals surface area contributed by atoms with Crippen LogP contribution in [-0.4, -0.2) is 25.2 Å². The molecule has 0 aliphatic carbocycles. The van der Waals surface area contributed by atoms with Crippen molar-refractivity contribution in [1.29, 1.82) is 0 Å². The van der Waals surface area contributed by atoms with Crippen molar-refractivity contribution in [3.8, 4) is 11.5 Å². The van der Waals surface area contributed by atoms with Gasteiger partial charge in [0.25, 0.3) is 0 Å². The Labute approximate surface area is 119 Å². The number of aromatic nitrogens is 1. The van der Waals surface area contributed by atoms with Crippen LogP contribution in [-0.2, 0) is 0 Å². The molecule has 1 aromatic carbocycles. The van der Waals surface area contributed by atoms with E-state index in [4.69, 9.17) is 9.47 Å². The number of benzene rings is 1. The van der Waals surface area contributed by atoms with Gasteiger partial charge in [-0.3, -0.25) is 4.98 Å². The molecular weight excluding hydrogens is 252 g/mol. The first-order valence-electron chi connectivity index (χ1n) is 6.63. The summed E-state index contributed by atoms with van der Waals surface area (Å²) in [7, 11) is 1.64. The Morgan fingerprint density at radius 1 is 1.20 bits per heavy atom. The lowest BCUT2D eigenvalue weighted by Crippen LogP contribution is -2.12. The van der Waals surface area contributed by atoms with Crippen LogP contribution in [0, 0.1) is 13.8 Å². The van der Waals surface area contributed by atoms with Crippen LogP contribution in [0.15, 0.2) is 36.5 Å². The maximum absolute atomic E-state index is 5.69. The maximum atomic E-state index is 5.69. The van der Waals surface area contributed by atoms with Gasteiger partial charge in [0.15, 0.2) is 5.75 Å². The van der Waals surface area contributed by atoms with E-state index in [0.717, 1.165) is 22.9 Å². The molecule has 4 heteroatoms. The van der Waals surface area contributed by atoms with E-state index in [1.807, 2.05) is 31.2 Å². The summed E-state index contributed by atoms with van der Waals surface area (Å²) in [4.78, 5) is 4.20. The second-order valence-electron chi connectivity index (χ2n) is 4.62. The van der Waals surface area contributed by atoms with Crippen molar-refractivity contribution in [1.82, 2.24) is 4.98 Å². The third-order valence-electron chi connectivity index (χ3n) is 2.90. The van der Waals surface area contributed by atoms with Gasteiger partial charge in [0.1, 0.15) is 12.4 Å². The summed E-state index contributed by atoms with van der Waals surface area (Å²) in [6, 6.07) is 10.00. The van der Waals surface area contributed by atoms with E-state index in [1.54, 1.807) is 13.3 Å². The van der Waals surface area contributed by atoms with Crippen molar-refractivity contribution in [2.45, 2.75) is 13.8 Å². The topological polar surface area (TPSA) is 43.4 Å². The highest BCUT2D eigenvalue weighted by Gasteiger charge is 2.03. The lowest BCUT2D eigenvalue weighted by atomic mass is 10.2. The monoisotopic (exact) mass is 272 g/mol. The minimum absolute atomic E-state index is 0.591. The Kier molecular flexibility index (Phi) is 4.82. The van der Waals surface area contributed by atoms with E-state index in [0.29, 0.717) is 13.2 Å². The number of hydrogen-bond acceptors (Lipinski definition) is 4. The van der Waals surface area contributed by atoms with Crippen molar-refractivity contribution < 1.29 is 9.47 Å². The number of nitrogens with zero attached hydrogens (tertiary/aromatic N) is 1. The molecule has 1 aromatic heterocycles. The molecule has 4 nitrogen and oxygen atoms in total. The van der Waals surface area contributed by atoms with Crippen LogP contribution >= 0.6 is 0 Å². The van der Waals surface area contributed by atoms with E-state index < -0.39 is 0 Å². The molecule has 0 radical (unpaired) electrons. The lowest BCUT2D eigenvalue weighted by molar-refractivity contribution is 0.332. The van der Waals surface area contributed by atoms with Gasteiger partial charge in [-0.1, -0.05) is 12.1 Å². The smallest absolute Gasteiger partial charge is 0.160 e. The number of anilines is 1. The fourth-order valence-corrected chi connectivity index (χ4v) is 1.91. The first-order chi connectivity index (χ1) is 9.69. The van der Waals surface area contributed by atoms with Gasteiger partial charge in [-0.15, -0.1) is 0 Å². The Morgan fingerprint density at radius 2 is 2.05 bits per heavy atom. The lowest BCUT2D eigenvalue weighted by Gasteiger charge is -2.12. The van der Waals surface area contributed by atoms with Gasteiger partial charge in [0, 0.05) is 12.2 Å². The highest BCUT2D eigenvalue weighted by Crippen LogP contribution is 2.23. The second-order valence-corrected chi connectivity index (χ2v) is 4.62. The summed E-state index contributed by atoms with van der Waals surface area (Å²) < 4.78 is 11.0. The van der Waals surface area contributed by atoms with Crippen LogP contribution in [0.1, 0.15) is 11.3 Å². The number of methoxy groups -OCH3 is 1. The first kappa shape index (κ1) is 14.2. The second kappa shape index (κ2) is 6.80. The number of hydrogen-bond donors (Lipinski definition) is 1. The fourth-order valence-electron chi connectivity index (χ4n) is 1.91. The SMILES string of the molecule is COc1cnc(C)cc1NCCOc1cccc(C)c1. The summed E-state index contributed by atoms with van der Waals surface area (Å²) in [6.45, 7) is 5.30. The van der Waals surface area contributed by atoms with Gasteiger partial charge in [-0.05, 0) is 37.6 Å². The molecule has 0 unspecified atom stereocenters. The van der Waals surface area contributed by atoms with Crippen LogP contribution in [0.4, 0.5) is 5.69 Å². The van der Waals surface area contributed by atoms with Crippen LogP contribution < -0.4 is 14.8 Å². The summed E-state index contributed by atoms with van der Waals surface area (Å²) in [6.07, 6.45) is 1.72. The zero-order valence-electron chi connectivity index (χ0n) is 12.1. The van der Waals surface area contributed by atoms with Crippen molar-refractivity contribution in [2.24, 2.45) is 0 Å². The molecular formula is C16H20N2O2. The molecule has 0 saturated heterocycles. The molecule has 20 heavy (non-hydrogen) atoms. The third-order valence-corrected chi connectivity index (χ3v) is 2.90. The number of rotatable bonds is 6. The number of aryl methyl sites for hydroxylation is 2. The first-order valence-corrected chi connectivity index (χ1v) is 6.63. The molecule has 0 bridgehead atoms. The van der Waals surface area contributed by atoms with Crippen molar-refractivity contribution in [3.63, 3.8) is 0 Å². The number of ether oxygens (including phenoxy) is 2. The number of pyridine rings is 1. The standard InChI is InChI=1S/C16H20N2O2/c1-12-5-4-6-14(9-12)20-8-7-17-15-10-13(2)18-11-16(15)19-3/h4-6,9-11H,7-8H2,1-3H3,(H,17,18). The minimum Gasteiger partial charge on any atom is -0.493 e. The van der Waals surface area contributed by atoms with Crippen LogP contribution in [0.2, 0.25) is 0 Å². The predicted molar refractivity (Wildman–Crippen MR) is 80.7 cm³/mol. The average Bonchev–Trinajstić information content (AvgIpc) is 2.44. The van der Waals surface area contributed by atoms with E-state index in [9.17, 15) is 0 Å². The summed E-state index contributed by atoms with van der Waals surface area (Å²) in [5, 5.41) is 3.30. The van der Waals surface area contributed by atoms with Gasteiger partial charge in [0.05, 0.1) is 19.0 Å². The highest BCUT2D eigenvalue weighted by molar-refractivity contribution is 5.55. The van der Waals surface area contributed by atoms with Gasteiger partial charge in [-0.2, -0.15) is 0 Å². The quantitative estimate of drug-likeness (QED) is 0.820. The molecule has 0 spiro atoms. The minimum atomic E-state index is 0.591. The molecule has 0 fully saturated rings. The van der Waals surface area contributed by atoms with Crippen molar-refractivity contribution >= 4 is 5.69 Å². The van der Waals surface area contributed by atoms with E-state index in [2.05, 4.69) is 23.3 Å². The van der Waals surface area contributed by atoms with E-state index in [-0.39, 0.29) is 0 Å². The fraction of sp³-hybridized carbons (Fsp3) is 0.312. The zero-order chi connectivity index (χ0) is 14.4. The van der Waals surface area contributed by atoms with Gasteiger partial charge < -0.3 is 14.8 Å². The van der Waals surface area contributed by atoms with Gasteiger partial charge >= 0.3 is 0 Å². The molecule has 1 N–H and O–H groups in total. The molecule has 0 amide bonds. The summed E-state index contributed by atoms with van der Waals surface area (Å²) >= 11 is 0. The predicted octanol–water partition coefficient (Wildman–Crippen LogP) is 3.20. The normalized spacial score (nSPS) is 10.2. The highest BCUT2D eigenvalue weighted by atomic mass is 16.5. The number of nitrogens with one attached hydrogen (secondary N) is 1. The van der Waals surface area contributed by atoms with Crippen LogP contribution in [0.3, 0.4) is 0 Å². The molecule has 106 valence electrons. The van der Waals surface area contributed by atoms with E-state index >= 15 is 0 Å². The van der Waals surface area contributed by atoms with Crippen LogP contribution in [0.25, 0.3) is 0 Å². The average molecular weight is 272 g/mol. The maximum Gasteiger partial charge on any atom is 0.160 e. The van der Waals surface area contributed by atoms with Crippen molar-refractivity contribution in [3.05, 3.63) is 47.8 Å². The van der Waals surface area contributed by atoms with Crippen molar-refractivity contribution in [2.75, 3.05) is 25.6 Å². The Balaban J connectivity index is 1.85. The molecule has 2 rings (SSSR count). The molecule has 0 saturated carbocycles. The Hall–Kier alpha value is -2.23. The molecule has 2 aromatic rings. The van der Waals surface area contributed by atoms with Gasteiger partial charge in [-0.25, -0.2) is 0 Å². The molecule has 0 aliphatic rings. The zero-order valence-corrected chi connectivity index (χ0v) is 12.1. The summed E-state index contributed by atoms with van der Waals surface area (Å²) in [5.41, 5.74) is 3.09. The molecule has 0 aliphatic heterocycles. The summed E-state index contributed by atoms with van der Waals surface area (Å²) in [5.74, 6) is 1.64. The third kappa shape index (κ3) is 3.88. The Morgan fingerprint density at radius 3 is 2.80 bits per heavy atom. The van der Waals surface area contributed by atoms with E-state index in [1.165, 1.54) is 5.56 Å². The molecule has 1 heterocycles. The Bertz CT molecular complexity index is 570. The van der Waals surface area contributed by atoms with Gasteiger partial charge in [0.2, 0.25) is 0 Å². The largest absolute Gasteiger partial charge is 0.493 e. The molecule has 0 atom stereocenters. The van der Waals surface area contributed by atoms with Crippen LogP contribution in [0.5, 0.6) is 11.5 Å².